The van der Waals surface area contributed by atoms with Crippen LogP contribution in [-0.4, -0.2) is 23.5 Å². The highest BCUT2D eigenvalue weighted by Crippen LogP contribution is 2.35. The first kappa shape index (κ1) is 16.9. The van der Waals surface area contributed by atoms with Crippen molar-refractivity contribution in [2.24, 2.45) is 0 Å². The molecule has 23 heavy (non-hydrogen) atoms. The number of thiophene rings is 1. The van der Waals surface area contributed by atoms with Crippen molar-refractivity contribution in [2.75, 3.05) is 6.61 Å². The third-order valence-corrected chi connectivity index (χ3v) is 4.40. The number of nitrogens with zero attached hydrogens (tertiary/aromatic N) is 1. The van der Waals surface area contributed by atoms with Crippen molar-refractivity contribution in [3.8, 4) is 0 Å². The van der Waals surface area contributed by atoms with Gasteiger partial charge in [0.1, 0.15) is 0 Å². The number of amides is 2. The normalized spacial score (nSPS) is 17.5. The predicted octanol–water partition coefficient (Wildman–Crippen LogP) is 2.63. The summed E-state index contributed by atoms with van der Waals surface area (Å²) in [5, 5.41) is 15.9. The molecular formula is C14H17N3O5S. The summed E-state index contributed by atoms with van der Waals surface area (Å²) in [5.74, 6) is -0.537. The zero-order valence-electron chi connectivity index (χ0n) is 12.8. The van der Waals surface area contributed by atoms with E-state index in [2.05, 4.69) is 10.6 Å². The van der Waals surface area contributed by atoms with Crippen LogP contribution in [0, 0.1) is 10.1 Å². The second-order valence-corrected chi connectivity index (χ2v) is 6.09. The fourth-order valence-corrected chi connectivity index (χ4v) is 3.04. The molecule has 0 spiro atoms. The van der Waals surface area contributed by atoms with Crippen molar-refractivity contribution in [3.63, 3.8) is 0 Å². The number of nitro groups is 1. The minimum absolute atomic E-state index is 0.0517. The molecule has 8 nitrogen and oxygen atoms in total. The first-order chi connectivity index (χ1) is 10.9. The van der Waals surface area contributed by atoms with Gasteiger partial charge in [-0.05, 0) is 19.4 Å². The summed E-state index contributed by atoms with van der Waals surface area (Å²) in [7, 11) is 0. The summed E-state index contributed by atoms with van der Waals surface area (Å²) in [6.45, 7) is 3.87. The Labute approximate surface area is 136 Å². The fourth-order valence-electron chi connectivity index (χ4n) is 2.16. The first-order valence-corrected chi connectivity index (χ1v) is 7.95. The van der Waals surface area contributed by atoms with E-state index < -0.39 is 23.0 Å². The second-order valence-electron chi connectivity index (χ2n) is 4.99. The molecule has 0 aromatic carbocycles. The molecule has 2 heterocycles. The molecule has 0 saturated heterocycles. The lowest BCUT2D eigenvalue weighted by Gasteiger charge is -2.26. The average molecular weight is 339 g/mol. The van der Waals surface area contributed by atoms with Crippen LogP contribution >= 0.6 is 11.3 Å². The van der Waals surface area contributed by atoms with Crippen molar-refractivity contribution < 1.29 is 19.2 Å². The molecule has 2 amide bonds. The van der Waals surface area contributed by atoms with E-state index in [4.69, 9.17) is 4.74 Å². The Morgan fingerprint density at radius 3 is 2.83 bits per heavy atom. The van der Waals surface area contributed by atoms with E-state index >= 15 is 0 Å². The molecule has 1 atom stereocenters. The fraction of sp³-hybridized carbons (Fsp3) is 0.429. The molecule has 0 aliphatic carbocycles. The van der Waals surface area contributed by atoms with Gasteiger partial charge in [0, 0.05) is 16.6 Å². The number of hydrogen-bond acceptors (Lipinski definition) is 6. The molecule has 9 heteroatoms. The average Bonchev–Trinajstić information content (AvgIpc) is 2.96. The van der Waals surface area contributed by atoms with Gasteiger partial charge in [0.25, 0.3) is 0 Å². The Balaban J connectivity index is 2.29. The van der Waals surface area contributed by atoms with Gasteiger partial charge in [0.05, 0.1) is 23.1 Å². The number of rotatable bonds is 6. The number of unbranched alkanes of at least 4 members (excludes halogenated alkanes) is 1. The Hall–Kier alpha value is -2.42. The number of nitrogens with one attached hydrogen (secondary N) is 2. The summed E-state index contributed by atoms with van der Waals surface area (Å²) in [6.07, 6.45) is 1.63. The van der Waals surface area contributed by atoms with E-state index in [9.17, 15) is 19.7 Å². The molecule has 124 valence electrons. The Morgan fingerprint density at radius 1 is 1.48 bits per heavy atom. The predicted molar refractivity (Wildman–Crippen MR) is 83.9 cm³/mol. The number of urea groups is 1. The molecule has 1 aromatic rings. The van der Waals surface area contributed by atoms with Crippen LogP contribution < -0.4 is 10.6 Å². The molecule has 0 bridgehead atoms. The number of esters is 1. The number of ether oxygens (including phenoxy) is 1. The molecule has 0 saturated carbocycles. The van der Waals surface area contributed by atoms with Gasteiger partial charge in [-0.2, -0.15) is 0 Å². The molecule has 0 unspecified atom stereocenters. The minimum Gasteiger partial charge on any atom is -0.462 e. The largest absolute Gasteiger partial charge is 0.462 e. The Kier molecular flexibility index (Phi) is 5.32. The standard InChI is InChI=1S/C14H17N3O5S/c1-3-4-7-22-13(18)11-8(2)15-14(19)16-12(11)9-5-6-10(23-9)17(20)21/h5-6,12H,3-4,7H2,1-2H3,(H2,15,16,19)/t12-/m0/s1. The molecule has 1 aliphatic heterocycles. The third kappa shape index (κ3) is 3.86. The van der Waals surface area contributed by atoms with Gasteiger partial charge in [-0.25, -0.2) is 9.59 Å². The topological polar surface area (TPSA) is 111 Å². The van der Waals surface area contributed by atoms with E-state index in [0.29, 0.717) is 10.6 Å². The van der Waals surface area contributed by atoms with Crippen molar-refractivity contribution in [1.29, 1.82) is 0 Å². The number of allylic oxidation sites excluding steroid dienone is 1. The molecule has 0 fully saturated rings. The van der Waals surface area contributed by atoms with Crippen LogP contribution in [0.2, 0.25) is 0 Å². The highest BCUT2D eigenvalue weighted by molar-refractivity contribution is 7.15. The van der Waals surface area contributed by atoms with Crippen molar-refractivity contribution >= 4 is 28.3 Å². The highest BCUT2D eigenvalue weighted by atomic mass is 32.1. The number of hydrogen-bond donors (Lipinski definition) is 2. The van der Waals surface area contributed by atoms with Crippen LogP contribution in [0.1, 0.15) is 37.6 Å². The molecule has 1 aromatic heterocycles. The maximum absolute atomic E-state index is 12.3. The lowest BCUT2D eigenvalue weighted by molar-refractivity contribution is -0.380. The van der Waals surface area contributed by atoms with Gasteiger partial charge in [0.2, 0.25) is 0 Å². The zero-order chi connectivity index (χ0) is 17.0. The van der Waals surface area contributed by atoms with Crippen LogP contribution in [0.4, 0.5) is 9.80 Å². The number of carbonyl (C=O) groups excluding carboxylic acids is 2. The minimum atomic E-state index is -0.753. The molecule has 2 rings (SSSR count). The van der Waals surface area contributed by atoms with Gasteiger partial charge < -0.3 is 15.4 Å². The molecule has 0 radical (unpaired) electrons. The van der Waals surface area contributed by atoms with Crippen molar-refractivity contribution in [2.45, 2.75) is 32.7 Å². The monoisotopic (exact) mass is 339 g/mol. The Bertz CT molecular complexity index is 667. The van der Waals surface area contributed by atoms with Gasteiger partial charge in [-0.1, -0.05) is 24.7 Å². The van der Waals surface area contributed by atoms with Crippen LogP contribution in [0.15, 0.2) is 23.4 Å². The van der Waals surface area contributed by atoms with Crippen molar-refractivity contribution in [1.82, 2.24) is 10.6 Å². The van der Waals surface area contributed by atoms with Crippen molar-refractivity contribution in [3.05, 3.63) is 38.4 Å². The van der Waals surface area contributed by atoms with Crippen LogP contribution in [0.3, 0.4) is 0 Å². The highest BCUT2D eigenvalue weighted by Gasteiger charge is 2.33. The molecular weight excluding hydrogens is 322 g/mol. The zero-order valence-corrected chi connectivity index (χ0v) is 13.6. The van der Waals surface area contributed by atoms with E-state index in [0.717, 1.165) is 24.2 Å². The van der Waals surface area contributed by atoms with Gasteiger partial charge >= 0.3 is 17.0 Å². The second kappa shape index (κ2) is 7.23. The summed E-state index contributed by atoms with van der Waals surface area (Å²) >= 11 is 0.918. The lowest BCUT2D eigenvalue weighted by atomic mass is 10.0. The van der Waals surface area contributed by atoms with Gasteiger partial charge in [-0.3, -0.25) is 10.1 Å². The van der Waals surface area contributed by atoms with Crippen LogP contribution in [-0.2, 0) is 9.53 Å². The van der Waals surface area contributed by atoms with E-state index in [1.54, 1.807) is 6.92 Å². The summed E-state index contributed by atoms with van der Waals surface area (Å²) in [4.78, 5) is 34.8. The summed E-state index contributed by atoms with van der Waals surface area (Å²) < 4.78 is 5.22. The molecule has 1 aliphatic rings. The first-order valence-electron chi connectivity index (χ1n) is 7.13. The van der Waals surface area contributed by atoms with Crippen LogP contribution in [0.5, 0.6) is 0 Å². The number of carbonyl (C=O) groups is 2. The Morgan fingerprint density at radius 2 is 2.22 bits per heavy atom. The molecule has 2 N–H and O–H groups in total. The van der Waals surface area contributed by atoms with Crippen LogP contribution in [0.25, 0.3) is 0 Å². The smallest absolute Gasteiger partial charge is 0.338 e. The quantitative estimate of drug-likeness (QED) is 0.358. The third-order valence-electron chi connectivity index (χ3n) is 3.30. The maximum atomic E-state index is 12.3. The lowest BCUT2D eigenvalue weighted by Crippen LogP contribution is -2.45. The van der Waals surface area contributed by atoms with Gasteiger partial charge in [0.15, 0.2) is 0 Å². The maximum Gasteiger partial charge on any atom is 0.338 e. The van der Waals surface area contributed by atoms with E-state index in [-0.39, 0.29) is 17.2 Å². The van der Waals surface area contributed by atoms with E-state index in [1.165, 1.54) is 12.1 Å². The SMILES string of the molecule is CCCCOC(=O)C1=C(C)NC(=O)N[C@H]1c1ccc([N+](=O)[O-])s1. The van der Waals surface area contributed by atoms with Gasteiger partial charge in [-0.15, -0.1) is 0 Å². The van der Waals surface area contributed by atoms with E-state index in [1.807, 2.05) is 6.92 Å². The summed E-state index contributed by atoms with van der Waals surface area (Å²) in [6, 6.07) is 1.67. The summed E-state index contributed by atoms with van der Waals surface area (Å²) in [5.41, 5.74) is 0.647.